The molecule has 7 nitrogen and oxygen atoms in total. The molecule has 0 spiro atoms. The van der Waals surface area contributed by atoms with Crippen molar-refractivity contribution in [2.24, 2.45) is 0 Å². The Balaban J connectivity index is 1.45. The van der Waals surface area contributed by atoms with Crippen molar-refractivity contribution in [2.45, 2.75) is 13.5 Å². The van der Waals surface area contributed by atoms with Crippen molar-refractivity contribution in [3.05, 3.63) is 35.7 Å². The second-order valence-corrected chi connectivity index (χ2v) is 5.75. The van der Waals surface area contributed by atoms with Gasteiger partial charge in [0, 0.05) is 19.3 Å². The number of rotatable bonds is 6. The third-order valence-electron chi connectivity index (χ3n) is 3.07. The topological polar surface area (TPSA) is 84.7 Å². The van der Waals surface area contributed by atoms with Crippen LogP contribution in [0.4, 0.5) is 5.82 Å². The lowest BCUT2D eigenvalue weighted by atomic mass is 10.4. The number of amides is 1. The van der Waals surface area contributed by atoms with E-state index in [1.54, 1.807) is 28.5 Å². The lowest BCUT2D eigenvalue weighted by Crippen LogP contribution is -2.31. The highest BCUT2D eigenvalue weighted by Gasteiger charge is 2.05. The number of nitrogens with one attached hydrogen (secondary N) is 2. The first-order valence-corrected chi connectivity index (χ1v) is 7.78. The van der Waals surface area contributed by atoms with Crippen LogP contribution in [0.2, 0.25) is 0 Å². The molecular weight excluding hydrogens is 300 g/mol. The summed E-state index contributed by atoms with van der Waals surface area (Å²) >= 11 is 1.58. The highest BCUT2D eigenvalue weighted by atomic mass is 32.1. The third-order valence-corrected chi connectivity index (χ3v) is 3.89. The minimum atomic E-state index is -0.0618. The molecule has 0 saturated carbocycles. The molecule has 3 aromatic rings. The molecule has 22 heavy (non-hydrogen) atoms. The monoisotopic (exact) mass is 316 g/mol. The predicted octanol–water partition coefficient (Wildman–Crippen LogP) is 1.42. The van der Waals surface area contributed by atoms with Crippen LogP contribution in [0.3, 0.4) is 0 Å². The van der Waals surface area contributed by atoms with Crippen molar-refractivity contribution >= 4 is 33.3 Å². The Morgan fingerprint density at radius 2 is 2.27 bits per heavy atom. The van der Waals surface area contributed by atoms with E-state index in [0.717, 1.165) is 21.6 Å². The Morgan fingerprint density at radius 1 is 1.36 bits per heavy atom. The van der Waals surface area contributed by atoms with Gasteiger partial charge in [-0.2, -0.15) is 5.10 Å². The molecule has 0 radical (unpaired) electrons. The van der Waals surface area contributed by atoms with Crippen LogP contribution >= 0.6 is 11.3 Å². The van der Waals surface area contributed by atoms with E-state index < -0.39 is 0 Å². The van der Waals surface area contributed by atoms with E-state index in [1.165, 1.54) is 0 Å². The van der Waals surface area contributed by atoms with E-state index in [9.17, 15) is 4.79 Å². The summed E-state index contributed by atoms with van der Waals surface area (Å²) in [5, 5.41) is 13.1. The number of carbonyl (C=O) groups excluding carboxylic acids is 1. The van der Waals surface area contributed by atoms with Gasteiger partial charge in [-0.05, 0) is 23.9 Å². The smallest absolute Gasteiger partial charge is 0.241 e. The maximum absolute atomic E-state index is 11.8. The van der Waals surface area contributed by atoms with Crippen molar-refractivity contribution in [3.63, 3.8) is 0 Å². The molecule has 8 heteroatoms. The maximum atomic E-state index is 11.8. The van der Waals surface area contributed by atoms with Crippen LogP contribution < -0.4 is 10.6 Å². The molecule has 1 amide bonds. The molecule has 0 aliphatic heterocycles. The summed E-state index contributed by atoms with van der Waals surface area (Å²) in [6.45, 7) is 3.30. The lowest BCUT2D eigenvalue weighted by Gasteiger charge is -2.08. The van der Waals surface area contributed by atoms with Gasteiger partial charge in [0.1, 0.15) is 23.5 Å². The molecule has 0 aliphatic carbocycles. The van der Waals surface area contributed by atoms with Crippen LogP contribution in [0.25, 0.3) is 10.2 Å². The lowest BCUT2D eigenvalue weighted by molar-refractivity contribution is -0.121. The average molecular weight is 316 g/mol. The van der Waals surface area contributed by atoms with Gasteiger partial charge in [-0.3, -0.25) is 9.48 Å². The zero-order chi connectivity index (χ0) is 15.4. The summed E-state index contributed by atoms with van der Waals surface area (Å²) in [5.41, 5.74) is 1.04. The summed E-state index contributed by atoms with van der Waals surface area (Å²) in [6, 6.07) is 1.99. The standard InChI is InChI=1S/C14H16N6OS/c1-10-6-19-20(7-10)8-12(21)15-3-4-16-13-11-2-5-22-14(11)18-9-17-13/h2,5-7,9H,3-4,8H2,1H3,(H,15,21)(H,16,17,18). The van der Waals surface area contributed by atoms with Gasteiger partial charge in [0.15, 0.2) is 0 Å². The number of thiophene rings is 1. The van der Waals surface area contributed by atoms with Crippen LogP contribution in [0.1, 0.15) is 5.56 Å². The number of hydrogen-bond acceptors (Lipinski definition) is 6. The van der Waals surface area contributed by atoms with Crippen molar-refractivity contribution in [1.29, 1.82) is 0 Å². The Bertz CT molecular complexity index is 780. The van der Waals surface area contributed by atoms with Crippen molar-refractivity contribution in [3.8, 4) is 0 Å². The molecule has 0 aliphatic rings. The van der Waals surface area contributed by atoms with Crippen molar-refractivity contribution in [2.75, 3.05) is 18.4 Å². The average Bonchev–Trinajstić information content (AvgIpc) is 3.12. The van der Waals surface area contributed by atoms with E-state index >= 15 is 0 Å². The van der Waals surface area contributed by atoms with Gasteiger partial charge in [0.25, 0.3) is 0 Å². The molecule has 3 rings (SSSR count). The molecule has 2 N–H and O–H groups in total. The number of anilines is 1. The molecule has 3 heterocycles. The molecule has 0 atom stereocenters. The molecule has 0 aromatic carbocycles. The zero-order valence-electron chi connectivity index (χ0n) is 12.1. The van der Waals surface area contributed by atoms with Crippen molar-refractivity contribution in [1.82, 2.24) is 25.1 Å². The van der Waals surface area contributed by atoms with Crippen LogP contribution in [-0.2, 0) is 11.3 Å². The number of fused-ring (bicyclic) bond motifs is 1. The third kappa shape index (κ3) is 3.40. The highest BCUT2D eigenvalue weighted by molar-refractivity contribution is 7.16. The zero-order valence-corrected chi connectivity index (χ0v) is 12.9. The van der Waals surface area contributed by atoms with Gasteiger partial charge in [0.05, 0.1) is 11.6 Å². The number of aromatic nitrogens is 4. The molecule has 0 bridgehead atoms. The summed E-state index contributed by atoms with van der Waals surface area (Å²) in [4.78, 5) is 21.2. The summed E-state index contributed by atoms with van der Waals surface area (Å²) in [7, 11) is 0. The predicted molar refractivity (Wildman–Crippen MR) is 85.9 cm³/mol. The maximum Gasteiger partial charge on any atom is 0.241 e. The van der Waals surface area contributed by atoms with Gasteiger partial charge in [-0.15, -0.1) is 11.3 Å². The Hall–Kier alpha value is -2.48. The van der Waals surface area contributed by atoms with E-state index in [1.807, 2.05) is 24.6 Å². The minimum absolute atomic E-state index is 0.0618. The molecular formula is C14H16N6OS. The molecule has 0 unspecified atom stereocenters. The van der Waals surface area contributed by atoms with E-state index in [0.29, 0.717) is 13.1 Å². The fourth-order valence-electron chi connectivity index (χ4n) is 2.07. The number of nitrogens with zero attached hydrogens (tertiary/aromatic N) is 4. The van der Waals surface area contributed by atoms with Crippen LogP contribution in [0.5, 0.6) is 0 Å². The number of aryl methyl sites for hydroxylation is 1. The van der Waals surface area contributed by atoms with Gasteiger partial charge >= 0.3 is 0 Å². The molecule has 114 valence electrons. The first-order chi connectivity index (χ1) is 10.7. The van der Waals surface area contributed by atoms with Gasteiger partial charge in [-0.25, -0.2) is 9.97 Å². The van der Waals surface area contributed by atoms with Crippen molar-refractivity contribution < 1.29 is 4.79 Å². The van der Waals surface area contributed by atoms with E-state index in [2.05, 4.69) is 25.7 Å². The Kier molecular flexibility index (Phi) is 4.29. The molecule has 0 saturated heterocycles. The fourth-order valence-corrected chi connectivity index (χ4v) is 2.80. The summed E-state index contributed by atoms with van der Waals surface area (Å²) in [5.74, 6) is 0.733. The van der Waals surface area contributed by atoms with Crippen LogP contribution in [-0.4, -0.2) is 38.7 Å². The molecule has 0 fully saturated rings. The van der Waals surface area contributed by atoms with Gasteiger partial charge in [0.2, 0.25) is 5.91 Å². The summed E-state index contributed by atoms with van der Waals surface area (Å²) in [6.07, 6.45) is 5.11. The SMILES string of the molecule is Cc1cnn(CC(=O)NCCNc2ncnc3sccc23)c1. The number of carbonyl (C=O) groups is 1. The Morgan fingerprint density at radius 3 is 3.09 bits per heavy atom. The first kappa shape index (κ1) is 14.5. The summed E-state index contributed by atoms with van der Waals surface area (Å²) < 4.78 is 1.62. The van der Waals surface area contributed by atoms with Crippen LogP contribution in [0.15, 0.2) is 30.2 Å². The second kappa shape index (κ2) is 6.52. The highest BCUT2D eigenvalue weighted by Crippen LogP contribution is 2.23. The second-order valence-electron chi connectivity index (χ2n) is 4.85. The fraction of sp³-hybridized carbons (Fsp3) is 0.286. The molecule has 3 aromatic heterocycles. The largest absolute Gasteiger partial charge is 0.368 e. The normalized spacial score (nSPS) is 10.8. The van der Waals surface area contributed by atoms with Gasteiger partial charge < -0.3 is 10.6 Å². The van der Waals surface area contributed by atoms with Crippen LogP contribution in [0, 0.1) is 6.92 Å². The minimum Gasteiger partial charge on any atom is -0.368 e. The first-order valence-electron chi connectivity index (χ1n) is 6.90. The number of hydrogen-bond donors (Lipinski definition) is 2. The van der Waals surface area contributed by atoms with E-state index in [4.69, 9.17) is 0 Å². The van der Waals surface area contributed by atoms with E-state index in [-0.39, 0.29) is 12.5 Å². The quantitative estimate of drug-likeness (QED) is 0.672. The Labute approximate surface area is 131 Å². The van der Waals surface area contributed by atoms with Gasteiger partial charge in [-0.1, -0.05) is 0 Å².